The first-order valence-electron chi connectivity index (χ1n) is 10.3. The summed E-state index contributed by atoms with van der Waals surface area (Å²) in [6, 6.07) is 4.90. The number of aromatic carboxylic acids is 1. The molecule has 0 bridgehead atoms. The Morgan fingerprint density at radius 3 is 2.67 bits per heavy atom. The number of hydrogen-bond acceptors (Lipinski definition) is 3. The molecule has 2 N–H and O–H groups in total. The van der Waals surface area contributed by atoms with E-state index in [1.54, 1.807) is 12.1 Å². The zero-order valence-corrected chi connectivity index (χ0v) is 16.6. The van der Waals surface area contributed by atoms with Gasteiger partial charge in [0.1, 0.15) is 11.3 Å². The van der Waals surface area contributed by atoms with Crippen LogP contribution in [0.5, 0.6) is 5.75 Å². The predicted octanol–water partition coefficient (Wildman–Crippen LogP) is 5.10. The molecule has 1 fully saturated rings. The van der Waals surface area contributed by atoms with Crippen molar-refractivity contribution in [2.45, 2.75) is 77.7 Å². The predicted molar refractivity (Wildman–Crippen MR) is 106 cm³/mol. The second-order valence-electron chi connectivity index (χ2n) is 7.59. The molecule has 2 rings (SSSR count). The maximum Gasteiger partial charge on any atom is 0.339 e. The number of carbonyl (C=O) groups is 2. The van der Waals surface area contributed by atoms with Crippen molar-refractivity contribution in [3.63, 3.8) is 0 Å². The number of carboxylic acids is 1. The van der Waals surface area contributed by atoms with Gasteiger partial charge in [-0.2, -0.15) is 0 Å². The number of amides is 1. The van der Waals surface area contributed by atoms with E-state index in [-0.39, 0.29) is 17.5 Å². The minimum Gasteiger partial charge on any atom is -0.493 e. The number of nitrogens with one attached hydrogen (secondary N) is 1. The Bertz CT molecular complexity index is 623. The molecule has 1 aliphatic rings. The molecule has 1 amide bonds. The van der Waals surface area contributed by atoms with E-state index in [0.717, 1.165) is 24.8 Å². The summed E-state index contributed by atoms with van der Waals surface area (Å²) in [4.78, 5) is 23.8. The van der Waals surface area contributed by atoms with E-state index >= 15 is 0 Å². The smallest absolute Gasteiger partial charge is 0.339 e. The maximum atomic E-state index is 12.3. The Labute approximate surface area is 162 Å². The van der Waals surface area contributed by atoms with E-state index in [9.17, 15) is 14.7 Å². The highest BCUT2D eigenvalue weighted by atomic mass is 16.5. The Hall–Kier alpha value is -2.04. The number of unbranched alkanes of at least 4 members (excludes halogenated alkanes) is 1. The number of rotatable bonds is 10. The van der Waals surface area contributed by atoms with Crippen molar-refractivity contribution >= 4 is 11.9 Å². The normalized spacial score (nSPS) is 15.9. The van der Waals surface area contributed by atoms with Crippen molar-refractivity contribution in [1.82, 2.24) is 5.32 Å². The molecule has 1 atom stereocenters. The summed E-state index contributed by atoms with van der Waals surface area (Å²) in [5, 5.41) is 12.5. The lowest BCUT2D eigenvalue weighted by Crippen LogP contribution is -2.27. The largest absolute Gasteiger partial charge is 0.493 e. The van der Waals surface area contributed by atoms with Gasteiger partial charge in [0, 0.05) is 6.42 Å². The third kappa shape index (κ3) is 6.89. The van der Waals surface area contributed by atoms with Crippen LogP contribution in [0.25, 0.3) is 0 Å². The van der Waals surface area contributed by atoms with Gasteiger partial charge in [0.25, 0.3) is 0 Å². The van der Waals surface area contributed by atoms with Gasteiger partial charge in [-0.15, -0.1) is 0 Å². The van der Waals surface area contributed by atoms with E-state index in [2.05, 4.69) is 12.2 Å². The summed E-state index contributed by atoms with van der Waals surface area (Å²) < 4.78 is 5.59. The second kappa shape index (κ2) is 11.0. The summed E-state index contributed by atoms with van der Waals surface area (Å²) >= 11 is 0. The summed E-state index contributed by atoms with van der Waals surface area (Å²) in [6.45, 7) is 4.45. The Balaban J connectivity index is 1.92. The second-order valence-corrected chi connectivity index (χ2v) is 7.59. The molecule has 0 saturated heterocycles. The Kier molecular flexibility index (Phi) is 8.62. The van der Waals surface area contributed by atoms with Gasteiger partial charge in [-0.1, -0.05) is 51.5 Å². The first kappa shape index (κ1) is 21.3. The fourth-order valence-electron chi connectivity index (χ4n) is 3.64. The SMILES string of the molecule is CCCCOc1ccc(C(C)NC(=O)CCC2CCCCC2)cc1C(=O)O. The zero-order valence-electron chi connectivity index (χ0n) is 16.6. The monoisotopic (exact) mass is 375 g/mol. The van der Waals surface area contributed by atoms with Gasteiger partial charge >= 0.3 is 5.97 Å². The standard InChI is InChI=1S/C22H33NO4/c1-3-4-14-27-20-12-11-18(15-19(20)22(25)26)16(2)23-21(24)13-10-17-8-6-5-7-9-17/h11-12,15-17H,3-10,13-14H2,1-2H3,(H,23,24)(H,25,26). The average Bonchev–Trinajstić information content (AvgIpc) is 2.67. The quantitative estimate of drug-likeness (QED) is 0.558. The molecule has 150 valence electrons. The molecule has 0 aromatic heterocycles. The lowest BCUT2D eigenvalue weighted by Gasteiger charge is -2.22. The molecule has 1 aromatic carbocycles. The molecule has 27 heavy (non-hydrogen) atoms. The molecule has 0 aliphatic heterocycles. The highest BCUT2D eigenvalue weighted by molar-refractivity contribution is 5.91. The van der Waals surface area contributed by atoms with Gasteiger partial charge in [-0.3, -0.25) is 4.79 Å². The molecule has 5 heteroatoms. The molecule has 0 heterocycles. The molecule has 5 nitrogen and oxygen atoms in total. The maximum absolute atomic E-state index is 12.3. The van der Waals surface area contributed by atoms with E-state index in [4.69, 9.17) is 4.74 Å². The average molecular weight is 376 g/mol. The molecule has 0 spiro atoms. The van der Waals surface area contributed by atoms with Crippen LogP contribution < -0.4 is 10.1 Å². The first-order valence-corrected chi connectivity index (χ1v) is 10.3. The number of carboxylic acid groups (broad SMARTS) is 1. The number of benzene rings is 1. The van der Waals surface area contributed by atoms with E-state index in [0.29, 0.717) is 24.7 Å². The van der Waals surface area contributed by atoms with Crippen LogP contribution in [0.4, 0.5) is 0 Å². The number of ether oxygens (including phenoxy) is 1. The summed E-state index contributed by atoms with van der Waals surface area (Å²) in [5.41, 5.74) is 0.924. The van der Waals surface area contributed by atoms with Gasteiger partial charge in [0.15, 0.2) is 0 Å². The fourth-order valence-corrected chi connectivity index (χ4v) is 3.64. The van der Waals surface area contributed by atoms with Crippen molar-refractivity contribution < 1.29 is 19.4 Å². The lowest BCUT2D eigenvalue weighted by molar-refractivity contribution is -0.122. The summed E-state index contributed by atoms with van der Waals surface area (Å²) in [6.07, 6.45) is 9.74. The molecule has 1 unspecified atom stereocenters. The van der Waals surface area contributed by atoms with E-state index < -0.39 is 5.97 Å². The van der Waals surface area contributed by atoms with Crippen LogP contribution in [-0.2, 0) is 4.79 Å². The van der Waals surface area contributed by atoms with Gasteiger partial charge in [-0.05, 0) is 43.4 Å². The van der Waals surface area contributed by atoms with E-state index in [1.807, 2.05) is 13.0 Å². The van der Waals surface area contributed by atoms with Gasteiger partial charge in [-0.25, -0.2) is 4.79 Å². The molecule has 1 aromatic rings. The molecule has 1 aliphatic carbocycles. The van der Waals surface area contributed by atoms with Crippen molar-refractivity contribution in [2.75, 3.05) is 6.61 Å². The Morgan fingerprint density at radius 1 is 1.26 bits per heavy atom. The van der Waals surface area contributed by atoms with Crippen LogP contribution in [0.1, 0.15) is 93.6 Å². The number of hydrogen-bond donors (Lipinski definition) is 2. The molecule has 1 saturated carbocycles. The van der Waals surface area contributed by atoms with E-state index in [1.165, 1.54) is 32.1 Å². The fraction of sp³-hybridized carbons (Fsp3) is 0.636. The molecule has 0 radical (unpaired) electrons. The molecular weight excluding hydrogens is 342 g/mol. The summed E-state index contributed by atoms with van der Waals surface area (Å²) in [5.74, 6) is 0.0842. The third-order valence-corrected chi connectivity index (χ3v) is 5.37. The minimum absolute atomic E-state index is 0.0354. The van der Waals surface area contributed by atoms with Crippen LogP contribution in [0.15, 0.2) is 18.2 Å². The third-order valence-electron chi connectivity index (χ3n) is 5.37. The zero-order chi connectivity index (χ0) is 19.6. The van der Waals surface area contributed by atoms with Gasteiger partial charge < -0.3 is 15.2 Å². The Morgan fingerprint density at radius 2 is 2.00 bits per heavy atom. The highest BCUT2D eigenvalue weighted by Crippen LogP contribution is 2.28. The van der Waals surface area contributed by atoms with Crippen molar-refractivity contribution in [2.24, 2.45) is 5.92 Å². The van der Waals surface area contributed by atoms with Crippen LogP contribution in [0.2, 0.25) is 0 Å². The highest BCUT2D eigenvalue weighted by Gasteiger charge is 2.18. The summed E-state index contributed by atoms with van der Waals surface area (Å²) in [7, 11) is 0. The van der Waals surface area contributed by atoms with Crippen LogP contribution in [-0.4, -0.2) is 23.6 Å². The first-order chi connectivity index (χ1) is 13.0. The van der Waals surface area contributed by atoms with Crippen molar-refractivity contribution in [1.29, 1.82) is 0 Å². The lowest BCUT2D eigenvalue weighted by atomic mass is 9.86. The topological polar surface area (TPSA) is 75.6 Å². The minimum atomic E-state index is -1.01. The van der Waals surface area contributed by atoms with Gasteiger partial charge in [0.05, 0.1) is 12.6 Å². The van der Waals surface area contributed by atoms with Crippen LogP contribution >= 0.6 is 0 Å². The van der Waals surface area contributed by atoms with Gasteiger partial charge in [0.2, 0.25) is 5.91 Å². The molecular formula is C22H33NO4. The van der Waals surface area contributed by atoms with Crippen LogP contribution in [0.3, 0.4) is 0 Å². The van der Waals surface area contributed by atoms with Crippen LogP contribution in [0, 0.1) is 5.92 Å². The van der Waals surface area contributed by atoms with Crippen molar-refractivity contribution in [3.8, 4) is 5.75 Å². The number of carbonyl (C=O) groups excluding carboxylic acids is 1. The van der Waals surface area contributed by atoms with Crippen molar-refractivity contribution in [3.05, 3.63) is 29.3 Å².